The highest BCUT2D eigenvalue weighted by molar-refractivity contribution is 7.00. The minimum Gasteiger partial charge on any atom is -0.311 e. The maximum absolute atomic E-state index is 2.62. The summed E-state index contributed by atoms with van der Waals surface area (Å²) in [6.07, 6.45) is 4.73. The molecule has 0 atom stereocenters. The Labute approximate surface area is 603 Å². The molecule has 1 aromatic heterocycles. The van der Waals surface area contributed by atoms with Gasteiger partial charge < -0.3 is 14.4 Å². The van der Waals surface area contributed by atoms with Gasteiger partial charge in [0, 0.05) is 50.6 Å². The van der Waals surface area contributed by atoms with Crippen LogP contribution in [0.25, 0.3) is 94.3 Å². The first-order valence-corrected chi connectivity index (χ1v) is 37.1. The van der Waals surface area contributed by atoms with Crippen LogP contribution in [-0.2, 0) is 27.1 Å². The second kappa shape index (κ2) is 23.4. The van der Waals surface area contributed by atoms with Gasteiger partial charge in [0.25, 0.3) is 6.71 Å². The Bertz CT molecular complexity index is 5570. The summed E-state index contributed by atoms with van der Waals surface area (Å²) >= 11 is 0. The summed E-state index contributed by atoms with van der Waals surface area (Å²) in [5.41, 5.74) is 36.4. The molecule has 13 aromatic carbocycles. The van der Waals surface area contributed by atoms with E-state index >= 15 is 0 Å². The van der Waals surface area contributed by atoms with Gasteiger partial charge in [0.15, 0.2) is 0 Å². The van der Waals surface area contributed by atoms with Gasteiger partial charge in [0.1, 0.15) is 0 Å². The van der Waals surface area contributed by atoms with Gasteiger partial charge in [-0.2, -0.15) is 0 Å². The van der Waals surface area contributed by atoms with E-state index in [0.717, 1.165) is 28.3 Å². The van der Waals surface area contributed by atoms with E-state index in [1.807, 2.05) is 0 Å². The van der Waals surface area contributed by atoms with Crippen molar-refractivity contribution in [3.8, 4) is 72.4 Å². The van der Waals surface area contributed by atoms with Crippen LogP contribution in [0.5, 0.6) is 0 Å². The Hall–Kier alpha value is -10.7. The minimum atomic E-state index is -0.151. The lowest BCUT2D eigenvalue weighted by molar-refractivity contribution is 0.332. The quantitative estimate of drug-likeness (QED) is 0.133. The van der Waals surface area contributed by atoms with Crippen LogP contribution in [0.1, 0.15) is 130 Å². The van der Waals surface area contributed by atoms with Gasteiger partial charge in [0.2, 0.25) is 0 Å². The third-order valence-corrected chi connectivity index (χ3v) is 24.1. The van der Waals surface area contributed by atoms with Gasteiger partial charge in [-0.1, -0.05) is 282 Å². The molecule has 14 aromatic rings. The third-order valence-electron chi connectivity index (χ3n) is 24.1. The summed E-state index contributed by atoms with van der Waals surface area (Å²) in [4.78, 5) is 5.22. The zero-order valence-corrected chi connectivity index (χ0v) is 60.9. The van der Waals surface area contributed by atoms with Crippen molar-refractivity contribution < 1.29 is 0 Å². The molecule has 0 radical (unpaired) electrons. The molecule has 0 saturated carbocycles. The fourth-order valence-electron chi connectivity index (χ4n) is 17.9. The van der Waals surface area contributed by atoms with E-state index < -0.39 is 0 Å². The summed E-state index contributed by atoms with van der Waals surface area (Å²) in [7, 11) is 0. The Morgan fingerprint density at radius 1 is 0.275 bits per heavy atom. The Balaban J connectivity index is 0.885. The van der Waals surface area contributed by atoms with E-state index in [1.165, 1.54) is 170 Å². The fourth-order valence-corrected chi connectivity index (χ4v) is 17.9. The fraction of sp³-hybridized carbons (Fsp3) is 0.204. The lowest BCUT2D eigenvalue weighted by atomic mass is 9.33. The lowest BCUT2D eigenvalue weighted by Gasteiger charge is -2.44. The largest absolute Gasteiger partial charge is 0.311 e. The van der Waals surface area contributed by atoms with E-state index in [4.69, 9.17) is 0 Å². The molecule has 0 bridgehead atoms. The van der Waals surface area contributed by atoms with Crippen LogP contribution in [0, 0.1) is 0 Å². The van der Waals surface area contributed by atoms with Crippen LogP contribution in [0.4, 0.5) is 34.1 Å². The number of hydrogen-bond acceptors (Lipinski definition) is 2. The van der Waals surface area contributed by atoms with Crippen LogP contribution < -0.4 is 26.2 Å². The minimum absolute atomic E-state index is 0.0234. The molecule has 498 valence electrons. The van der Waals surface area contributed by atoms with Crippen molar-refractivity contribution in [2.24, 2.45) is 0 Å². The van der Waals surface area contributed by atoms with Gasteiger partial charge in [-0.05, 0) is 243 Å². The molecule has 0 fully saturated rings. The van der Waals surface area contributed by atoms with Gasteiger partial charge in [-0.3, -0.25) is 0 Å². The predicted molar refractivity (Wildman–Crippen MR) is 437 cm³/mol. The van der Waals surface area contributed by atoms with Crippen molar-refractivity contribution in [2.75, 3.05) is 9.80 Å². The molecule has 2 aliphatic heterocycles. The molecule has 18 rings (SSSR count). The standard InChI is InChI=1S/C98H88BN3/c1-94(2,3)75-29-21-28-68(54-75)73-38-49-89-86(59-73)99-85-46-43-78(102-87-47-36-69(63-22-15-12-16-23-63)55-79(87)80-56-70(37-48-88(80)102)64-24-17-13-18-25-64)62-90(85)101(77-41-32-67(33-42-77)72-35-45-82-84(58-72)98(10,11)53-51-96(82,6)7)92-61-74(65-26-19-14-20-27-65)60-91(93(92)99)100(89)76-39-30-66(31-40-76)71-34-44-81-83(57-71)97(8,9)52-50-95(81,4)5/h12-49,54-62H,50-53H2,1-11H3. The molecule has 0 amide bonds. The maximum Gasteiger partial charge on any atom is 0.252 e. The average molecular weight is 1320 g/mol. The van der Waals surface area contributed by atoms with E-state index in [2.05, 4.69) is 376 Å². The van der Waals surface area contributed by atoms with Crippen LogP contribution in [0.2, 0.25) is 0 Å². The number of hydrogen-bond donors (Lipinski definition) is 0. The van der Waals surface area contributed by atoms with Crippen LogP contribution in [0.3, 0.4) is 0 Å². The summed E-state index contributed by atoms with van der Waals surface area (Å²) < 4.78 is 2.53. The van der Waals surface area contributed by atoms with Crippen molar-refractivity contribution in [1.82, 2.24) is 4.57 Å². The highest BCUT2D eigenvalue weighted by Crippen LogP contribution is 2.52. The topological polar surface area (TPSA) is 11.4 Å². The molecule has 4 aliphatic rings. The molecule has 2 aliphatic carbocycles. The second-order valence-corrected chi connectivity index (χ2v) is 33.4. The highest BCUT2D eigenvalue weighted by Gasteiger charge is 2.45. The number of benzene rings is 13. The summed E-state index contributed by atoms with van der Waals surface area (Å²) in [5.74, 6) is 0. The van der Waals surface area contributed by atoms with E-state index in [9.17, 15) is 0 Å². The van der Waals surface area contributed by atoms with Gasteiger partial charge in [0.05, 0.1) is 11.0 Å². The van der Waals surface area contributed by atoms with Crippen LogP contribution >= 0.6 is 0 Å². The number of fused-ring (bicyclic) bond motifs is 9. The van der Waals surface area contributed by atoms with Crippen molar-refractivity contribution in [2.45, 2.75) is 129 Å². The molecule has 102 heavy (non-hydrogen) atoms. The third kappa shape index (κ3) is 10.5. The number of nitrogens with zero attached hydrogens (tertiary/aromatic N) is 3. The van der Waals surface area contributed by atoms with Crippen LogP contribution in [-0.4, -0.2) is 11.3 Å². The van der Waals surface area contributed by atoms with Crippen LogP contribution in [0.15, 0.2) is 285 Å². The van der Waals surface area contributed by atoms with Crippen molar-refractivity contribution in [1.29, 1.82) is 0 Å². The van der Waals surface area contributed by atoms with Crippen molar-refractivity contribution in [3.63, 3.8) is 0 Å². The van der Waals surface area contributed by atoms with Crippen molar-refractivity contribution in [3.05, 3.63) is 313 Å². The molecule has 0 saturated heterocycles. The first kappa shape index (κ1) is 63.5. The van der Waals surface area contributed by atoms with E-state index in [0.29, 0.717) is 0 Å². The lowest BCUT2D eigenvalue weighted by Crippen LogP contribution is -2.61. The zero-order valence-electron chi connectivity index (χ0n) is 60.9. The van der Waals surface area contributed by atoms with E-state index in [-0.39, 0.29) is 33.8 Å². The van der Waals surface area contributed by atoms with Gasteiger partial charge in [-0.15, -0.1) is 0 Å². The second-order valence-electron chi connectivity index (χ2n) is 33.4. The first-order chi connectivity index (χ1) is 49.1. The maximum atomic E-state index is 2.62. The predicted octanol–water partition coefficient (Wildman–Crippen LogP) is 24.9. The summed E-state index contributed by atoms with van der Waals surface area (Å²) in [6.45, 7) is 26.3. The van der Waals surface area contributed by atoms with Gasteiger partial charge >= 0.3 is 0 Å². The number of rotatable bonds is 9. The first-order valence-electron chi connectivity index (χ1n) is 37.1. The average Bonchev–Trinajstić information content (AvgIpc) is 0.705. The molecule has 0 spiro atoms. The molecule has 0 N–H and O–H groups in total. The molecule has 4 heteroatoms. The van der Waals surface area contributed by atoms with Crippen molar-refractivity contribution >= 4 is 79.0 Å². The summed E-state index contributed by atoms with van der Waals surface area (Å²) in [6, 6.07) is 110. The number of aromatic nitrogens is 1. The zero-order chi connectivity index (χ0) is 69.8. The number of anilines is 6. The smallest absolute Gasteiger partial charge is 0.252 e. The SMILES string of the molecule is CC(C)(C)c1cccc(-c2ccc3c(c2)B2c4ccc(-n5c6ccc(-c7ccccc7)cc6c6cc(-c7ccccc7)ccc65)cc4N(c4ccc(-c5ccc6c(c5)C(C)(C)CCC6(C)C)cc4)c4cc(-c5ccccc5)cc(c42)N3c2ccc(-c3ccc4c(c3)C(C)(C)CCC4(C)C)cc2)c1. The van der Waals surface area contributed by atoms with Gasteiger partial charge in [-0.25, -0.2) is 0 Å². The normalized spacial score (nSPS) is 15.9. The Morgan fingerprint density at radius 2 is 0.657 bits per heavy atom. The monoisotopic (exact) mass is 1320 g/mol. The summed E-state index contributed by atoms with van der Waals surface area (Å²) in [5, 5.41) is 2.44. The van der Waals surface area contributed by atoms with E-state index in [1.54, 1.807) is 0 Å². The highest BCUT2D eigenvalue weighted by atomic mass is 15.2. The Kier molecular flexibility index (Phi) is 14.6. The molecule has 3 heterocycles. The Morgan fingerprint density at radius 3 is 1.15 bits per heavy atom. The molecular weight excluding hydrogens is 1230 g/mol. The molecular formula is C98H88BN3. The molecule has 0 unspecified atom stereocenters. The molecule has 3 nitrogen and oxygen atoms in total.